The summed E-state index contributed by atoms with van der Waals surface area (Å²) in [4.78, 5) is 26.1. The maximum absolute atomic E-state index is 12.6. The van der Waals surface area contributed by atoms with Gasteiger partial charge in [-0.3, -0.25) is 5.32 Å². The smallest absolute Gasteiger partial charge is 0.410 e. The van der Waals surface area contributed by atoms with Gasteiger partial charge in [-0.2, -0.15) is 0 Å². The summed E-state index contributed by atoms with van der Waals surface area (Å²) in [5.74, 6) is 0.782. The van der Waals surface area contributed by atoms with Crippen molar-refractivity contribution >= 4 is 11.8 Å². The standard InChI is InChI=1S/C27H26N4O3/c1-17-10-12-21(13-11-17)34-26(32)30-22-14-18(2)23(31-24(22)19-8-6-5-7-9-19)20-15-28-25(29-16-20)27(3,4)33/h5-16,33H,1-4H3,(H,30,32). The monoisotopic (exact) mass is 454 g/mol. The van der Waals surface area contributed by atoms with Gasteiger partial charge in [0.1, 0.15) is 11.4 Å². The topological polar surface area (TPSA) is 97.2 Å². The first-order chi connectivity index (χ1) is 16.2. The molecule has 4 aromatic rings. The summed E-state index contributed by atoms with van der Waals surface area (Å²) in [6, 6.07) is 18.7. The molecular weight excluding hydrogens is 428 g/mol. The third kappa shape index (κ3) is 5.27. The summed E-state index contributed by atoms with van der Waals surface area (Å²) in [6.45, 7) is 7.14. The van der Waals surface area contributed by atoms with Crippen LogP contribution in [0.4, 0.5) is 10.5 Å². The number of aryl methyl sites for hydroxylation is 2. The van der Waals surface area contributed by atoms with Gasteiger partial charge in [-0.05, 0) is 51.5 Å². The second-order valence-corrected chi connectivity index (χ2v) is 8.60. The molecule has 0 fully saturated rings. The minimum atomic E-state index is -1.14. The van der Waals surface area contributed by atoms with Crippen LogP contribution in [0.1, 0.15) is 30.8 Å². The Morgan fingerprint density at radius 1 is 0.912 bits per heavy atom. The van der Waals surface area contributed by atoms with Gasteiger partial charge in [0.2, 0.25) is 0 Å². The minimum Gasteiger partial charge on any atom is -0.410 e. The number of benzene rings is 2. The van der Waals surface area contributed by atoms with Gasteiger partial charge >= 0.3 is 6.09 Å². The Labute approximate surface area is 198 Å². The van der Waals surface area contributed by atoms with Crippen LogP contribution in [0.15, 0.2) is 73.1 Å². The lowest BCUT2D eigenvalue weighted by Crippen LogP contribution is -2.19. The third-order valence-corrected chi connectivity index (χ3v) is 5.20. The van der Waals surface area contributed by atoms with Crippen LogP contribution in [0.25, 0.3) is 22.5 Å². The normalized spacial score (nSPS) is 11.2. The Kier molecular flexibility index (Phi) is 6.38. The van der Waals surface area contributed by atoms with Crippen LogP contribution >= 0.6 is 0 Å². The number of amides is 1. The summed E-state index contributed by atoms with van der Waals surface area (Å²) >= 11 is 0. The van der Waals surface area contributed by atoms with Crippen LogP contribution in [-0.4, -0.2) is 26.2 Å². The number of hydrogen-bond acceptors (Lipinski definition) is 6. The van der Waals surface area contributed by atoms with E-state index in [1.807, 2.05) is 62.4 Å². The van der Waals surface area contributed by atoms with E-state index in [1.165, 1.54) is 0 Å². The third-order valence-electron chi connectivity index (χ3n) is 5.20. The van der Waals surface area contributed by atoms with Gasteiger partial charge in [0.05, 0.1) is 17.1 Å². The summed E-state index contributed by atoms with van der Waals surface area (Å²) in [5.41, 5.74) is 4.10. The van der Waals surface area contributed by atoms with Gasteiger partial charge in [-0.15, -0.1) is 0 Å². The van der Waals surface area contributed by atoms with E-state index in [-0.39, 0.29) is 0 Å². The van der Waals surface area contributed by atoms with E-state index in [2.05, 4.69) is 15.3 Å². The van der Waals surface area contributed by atoms with Crippen molar-refractivity contribution in [3.8, 4) is 28.3 Å². The molecule has 1 amide bonds. The van der Waals surface area contributed by atoms with Crippen LogP contribution in [0, 0.1) is 13.8 Å². The summed E-state index contributed by atoms with van der Waals surface area (Å²) in [6.07, 6.45) is 2.68. The molecule has 0 saturated carbocycles. The molecule has 172 valence electrons. The number of rotatable bonds is 5. The lowest BCUT2D eigenvalue weighted by molar-refractivity contribution is 0.0687. The molecule has 0 aliphatic carbocycles. The highest BCUT2D eigenvalue weighted by molar-refractivity contribution is 5.92. The van der Waals surface area contributed by atoms with Crippen molar-refractivity contribution in [2.45, 2.75) is 33.3 Å². The maximum Gasteiger partial charge on any atom is 0.417 e. The van der Waals surface area contributed by atoms with Crippen LogP contribution in [-0.2, 0) is 5.60 Å². The Morgan fingerprint density at radius 3 is 2.18 bits per heavy atom. The number of hydrogen-bond donors (Lipinski definition) is 2. The Hall–Kier alpha value is -4.10. The SMILES string of the molecule is Cc1ccc(OC(=O)Nc2cc(C)c(-c3cnc(C(C)(C)O)nc3)nc2-c2ccccc2)cc1. The number of carbonyl (C=O) groups excluding carboxylic acids is 1. The van der Waals surface area contributed by atoms with E-state index in [4.69, 9.17) is 9.72 Å². The van der Waals surface area contributed by atoms with E-state index in [0.29, 0.717) is 34.2 Å². The molecule has 0 atom stereocenters. The molecule has 2 aromatic carbocycles. The maximum atomic E-state index is 12.6. The fraction of sp³-hybridized carbons (Fsp3) is 0.185. The highest BCUT2D eigenvalue weighted by Crippen LogP contribution is 2.32. The largest absolute Gasteiger partial charge is 0.417 e. The highest BCUT2D eigenvalue weighted by atomic mass is 16.6. The van der Waals surface area contributed by atoms with Crippen LogP contribution in [0.3, 0.4) is 0 Å². The summed E-state index contributed by atoms with van der Waals surface area (Å²) in [5, 5.41) is 13.0. The van der Waals surface area contributed by atoms with Gasteiger partial charge in [0.25, 0.3) is 0 Å². The fourth-order valence-electron chi connectivity index (χ4n) is 3.43. The van der Waals surface area contributed by atoms with Crippen LogP contribution in [0.2, 0.25) is 0 Å². The summed E-state index contributed by atoms with van der Waals surface area (Å²) < 4.78 is 5.44. The lowest BCUT2D eigenvalue weighted by Gasteiger charge is -2.17. The van der Waals surface area contributed by atoms with E-state index >= 15 is 0 Å². The van der Waals surface area contributed by atoms with Gasteiger partial charge in [-0.1, -0.05) is 48.0 Å². The number of aromatic nitrogens is 3. The number of pyridine rings is 1. The molecule has 7 nitrogen and oxygen atoms in total. The van der Waals surface area contributed by atoms with E-state index in [9.17, 15) is 9.90 Å². The van der Waals surface area contributed by atoms with Gasteiger partial charge in [0, 0.05) is 23.5 Å². The molecule has 0 saturated heterocycles. The second-order valence-electron chi connectivity index (χ2n) is 8.60. The van der Waals surface area contributed by atoms with Crippen LogP contribution in [0.5, 0.6) is 5.75 Å². The van der Waals surface area contributed by atoms with Crippen molar-refractivity contribution in [3.63, 3.8) is 0 Å². The molecule has 0 bridgehead atoms. The molecule has 0 radical (unpaired) electrons. The fourth-order valence-corrected chi connectivity index (χ4v) is 3.43. The van der Waals surface area contributed by atoms with Gasteiger partial charge in [0.15, 0.2) is 5.82 Å². The average Bonchev–Trinajstić information content (AvgIpc) is 2.81. The molecule has 2 heterocycles. The van der Waals surface area contributed by atoms with E-state index in [0.717, 1.165) is 16.7 Å². The molecule has 7 heteroatoms. The van der Waals surface area contributed by atoms with Crippen molar-refractivity contribution in [2.24, 2.45) is 0 Å². The molecule has 2 aromatic heterocycles. The van der Waals surface area contributed by atoms with Crippen molar-refractivity contribution in [3.05, 3.63) is 90.0 Å². The molecule has 0 unspecified atom stereocenters. The lowest BCUT2D eigenvalue weighted by atomic mass is 10.0. The zero-order chi connectivity index (χ0) is 24.3. The number of carbonyl (C=O) groups is 1. The zero-order valence-corrected chi connectivity index (χ0v) is 19.5. The van der Waals surface area contributed by atoms with Crippen molar-refractivity contribution in [1.29, 1.82) is 0 Å². The van der Waals surface area contributed by atoms with Crippen molar-refractivity contribution < 1.29 is 14.6 Å². The number of ether oxygens (including phenoxy) is 1. The van der Waals surface area contributed by atoms with E-state index in [1.54, 1.807) is 38.4 Å². The Bertz CT molecular complexity index is 1300. The molecule has 0 aliphatic rings. The van der Waals surface area contributed by atoms with Gasteiger partial charge < -0.3 is 9.84 Å². The first-order valence-corrected chi connectivity index (χ1v) is 10.9. The molecule has 0 spiro atoms. The molecule has 4 rings (SSSR count). The molecule has 34 heavy (non-hydrogen) atoms. The minimum absolute atomic E-state index is 0.328. The highest BCUT2D eigenvalue weighted by Gasteiger charge is 2.20. The van der Waals surface area contributed by atoms with E-state index < -0.39 is 11.7 Å². The number of anilines is 1. The number of aliphatic hydroxyl groups is 1. The second kappa shape index (κ2) is 9.41. The van der Waals surface area contributed by atoms with Crippen LogP contribution < -0.4 is 10.1 Å². The number of nitrogens with zero attached hydrogens (tertiary/aromatic N) is 3. The number of nitrogens with one attached hydrogen (secondary N) is 1. The first-order valence-electron chi connectivity index (χ1n) is 10.9. The first kappa shape index (κ1) is 23.1. The van der Waals surface area contributed by atoms with Crippen molar-refractivity contribution in [1.82, 2.24) is 15.0 Å². The quantitative estimate of drug-likeness (QED) is 0.404. The Morgan fingerprint density at radius 2 is 1.56 bits per heavy atom. The molecular formula is C27H26N4O3. The zero-order valence-electron chi connectivity index (χ0n) is 19.5. The van der Waals surface area contributed by atoms with Gasteiger partial charge in [-0.25, -0.2) is 19.7 Å². The molecule has 2 N–H and O–H groups in total. The Balaban J connectivity index is 1.70. The predicted molar refractivity (Wildman–Crippen MR) is 132 cm³/mol. The average molecular weight is 455 g/mol. The summed E-state index contributed by atoms with van der Waals surface area (Å²) in [7, 11) is 0. The molecule has 0 aliphatic heterocycles. The van der Waals surface area contributed by atoms with Crippen molar-refractivity contribution in [2.75, 3.05) is 5.32 Å². The predicted octanol–water partition coefficient (Wildman–Crippen LogP) is 5.66.